The summed E-state index contributed by atoms with van der Waals surface area (Å²) in [6.45, 7) is 8.02. The maximum absolute atomic E-state index is 12.4. The van der Waals surface area contributed by atoms with Crippen molar-refractivity contribution < 1.29 is 13.2 Å². The van der Waals surface area contributed by atoms with Gasteiger partial charge in [-0.15, -0.1) is 0 Å². The van der Waals surface area contributed by atoms with Crippen molar-refractivity contribution in [2.75, 3.05) is 17.1 Å². The summed E-state index contributed by atoms with van der Waals surface area (Å²) in [5, 5.41) is 3.51. The Morgan fingerprint density at radius 3 is 2.48 bits per heavy atom. The molecule has 1 amide bonds. The van der Waals surface area contributed by atoms with Gasteiger partial charge < -0.3 is 5.32 Å². The summed E-state index contributed by atoms with van der Waals surface area (Å²) in [6, 6.07) is 11.2. The molecule has 2 aromatic carbocycles. The summed E-state index contributed by atoms with van der Waals surface area (Å²) in [4.78, 5) is 12.4. The minimum atomic E-state index is -3.49. The van der Waals surface area contributed by atoms with Gasteiger partial charge in [0, 0.05) is 18.0 Å². The molecule has 0 aliphatic rings. The molecule has 0 unspecified atom stereocenters. The molecule has 29 heavy (non-hydrogen) atoms. The first-order valence-corrected chi connectivity index (χ1v) is 11.8. The van der Waals surface area contributed by atoms with Gasteiger partial charge in [0.25, 0.3) is 0 Å². The molecule has 0 bridgehead atoms. The molecule has 1 atom stereocenters. The Morgan fingerprint density at radius 1 is 1.17 bits per heavy atom. The Hall–Kier alpha value is -2.05. The maximum atomic E-state index is 12.4. The smallest absolute Gasteiger partial charge is 0.232 e. The van der Waals surface area contributed by atoms with E-state index in [2.05, 4.69) is 11.4 Å². The van der Waals surface area contributed by atoms with Crippen molar-refractivity contribution in [1.29, 1.82) is 0 Å². The zero-order chi connectivity index (χ0) is 21.8. The minimum Gasteiger partial charge on any atom is -0.350 e. The molecule has 5 nitrogen and oxygen atoms in total. The van der Waals surface area contributed by atoms with Crippen LogP contribution in [0.2, 0.25) is 5.02 Å². The number of hydrogen-bond donors (Lipinski definition) is 1. The summed E-state index contributed by atoms with van der Waals surface area (Å²) in [5.41, 5.74) is 4.65. The van der Waals surface area contributed by atoms with E-state index in [-0.39, 0.29) is 24.9 Å². The van der Waals surface area contributed by atoms with Crippen LogP contribution in [0.15, 0.2) is 36.4 Å². The number of nitrogens with zero attached hydrogens (tertiary/aromatic N) is 1. The second-order valence-electron chi connectivity index (χ2n) is 7.47. The van der Waals surface area contributed by atoms with E-state index < -0.39 is 10.0 Å². The lowest BCUT2D eigenvalue weighted by atomic mass is 10.00. The first kappa shape index (κ1) is 23.2. The fraction of sp³-hybridized carbons (Fsp3) is 0.409. The van der Waals surface area contributed by atoms with E-state index in [0.717, 1.165) is 17.4 Å². The SMILES string of the molecule is Cc1ccc([C@H](C)NC(=O)CCCN(c2cccc(Cl)c2C)S(C)(=O)=O)c(C)c1. The Labute approximate surface area is 179 Å². The molecular formula is C22H29ClN2O3S. The van der Waals surface area contributed by atoms with Crippen molar-refractivity contribution in [3.8, 4) is 0 Å². The van der Waals surface area contributed by atoms with E-state index >= 15 is 0 Å². The number of rotatable bonds is 8. The summed E-state index contributed by atoms with van der Waals surface area (Å²) < 4.78 is 25.9. The molecule has 0 aliphatic carbocycles. The molecule has 0 saturated heterocycles. The maximum Gasteiger partial charge on any atom is 0.232 e. The average molecular weight is 437 g/mol. The Morgan fingerprint density at radius 2 is 1.86 bits per heavy atom. The number of nitrogens with one attached hydrogen (secondary N) is 1. The van der Waals surface area contributed by atoms with Crippen LogP contribution in [0.5, 0.6) is 0 Å². The van der Waals surface area contributed by atoms with Gasteiger partial charge in [0.2, 0.25) is 15.9 Å². The molecule has 0 aromatic heterocycles. The third kappa shape index (κ3) is 6.21. The molecule has 0 radical (unpaired) electrons. The van der Waals surface area contributed by atoms with Gasteiger partial charge in [-0.2, -0.15) is 0 Å². The standard InChI is InChI=1S/C22H29ClN2O3S/c1-15-11-12-19(16(2)14-15)18(4)24-22(26)10-7-13-25(29(5,27)28)21-9-6-8-20(23)17(21)3/h6,8-9,11-12,14,18H,7,10,13H2,1-5H3,(H,24,26)/t18-/m0/s1. The molecule has 0 aliphatic heterocycles. The van der Waals surface area contributed by atoms with E-state index in [0.29, 0.717) is 22.7 Å². The number of anilines is 1. The quantitative estimate of drug-likeness (QED) is 0.652. The second kappa shape index (κ2) is 9.63. The molecule has 0 saturated carbocycles. The van der Waals surface area contributed by atoms with Crippen LogP contribution in [0.1, 0.15) is 48.1 Å². The first-order valence-electron chi connectivity index (χ1n) is 9.60. The number of carbonyl (C=O) groups excluding carboxylic acids is 1. The first-order chi connectivity index (χ1) is 13.5. The van der Waals surface area contributed by atoms with Gasteiger partial charge in [0.05, 0.1) is 18.0 Å². The van der Waals surface area contributed by atoms with Gasteiger partial charge in [-0.05, 0) is 62.9 Å². The van der Waals surface area contributed by atoms with Crippen molar-refractivity contribution >= 4 is 33.2 Å². The normalized spacial score (nSPS) is 12.5. The predicted molar refractivity (Wildman–Crippen MR) is 120 cm³/mol. The van der Waals surface area contributed by atoms with Gasteiger partial charge >= 0.3 is 0 Å². The van der Waals surface area contributed by atoms with E-state index in [1.165, 1.54) is 9.87 Å². The van der Waals surface area contributed by atoms with Crippen molar-refractivity contribution in [2.45, 2.75) is 46.6 Å². The third-order valence-corrected chi connectivity index (χ3v) is 6.53. The number of carbonyl (C=O) groups is 1. The number of aryl methyl sites for hydroxylation is 2. The second-order valence-corrected chi connectivity index (χ2v) is 9.79. The zero-order valence-electron chi connectivity index (χ0n) is 17.6. The zero-order valence-corrected chi connectivity index (χ0v) is 19.2. The van der Waals surface area contributed by atoms with Crippen LogP contribution < -0.4 is 9.62 Å². The highest BCUT2D eigenvalue weighted by Gasteiger charge is 2.20. The molecule has 0 spiro atoms. The van der Waals surface area contributed by atoms with Crippen LogP contribution >= 0.6 is 11.6 Å². The third-order valence-electron chi connectivity index (χ3n) is 4.94. The lowest BCUT2D eigenvalue weighted by Crippen LogP contribution is -2.33. The summed E-state index contributed by atoms with van der Waals surface area (Å²) in [6.07, 6.45) is 1.81. The summed E-state index contributed by atoms with van der Waals surface area (Å²) in [7, 11) is -3.49. The molecule has 1 N–H and O–H groups in total. The lowest BCUT2D eigenvalue weighted by molar-refractivity contribution is -0.121. The number of halogens is 1. The van der Waals surface area contributed by atoms with Crippen LogP contribution in [-0.4, -0.2) is 27.1 Å². The fourth-order valence-corrected chi connectivity index (χ4v) is 4.60. The van der Waals surface area contributed by atoms with Crippen molar-refractivity contribution in [2.24, 2.45) is 0 Å². The van der Waals surface area contributed by atoms with E-state index in [1.54, 1.807) is 25.1 Å². The molecule has 2 aromatic rings. The molecule has 0 fully saturated rings. The van der Waals surface area contributed by atoms with Crippen molar-refractivity contribution in [3.63, 3.8) is 0 Å². The molecule has 2 rings (SSSR count). The van der Waals surface area contributed by atoms with Gasteiger partial charge in [-0.3, -0.25) is 9.10 Å². The van der Waals surface area contributed by atoms with Crippen LogP contribution in [0, 0.1) is 20.8 Å². The molecular weight excluding hydrogens is 408 g/mol. The van der Waals surface area contributed by atoms with E-state index in [9.17, 15) is 13.2 Å². The van der Waals surface area contributed by atoms with Gasteiger partial charge in [0.15, 0.2) is 0 Å². The number of benzene rings is 2. The highest BCUT2D eigenvalue weighted by atomic mass is 35.5. The van der Waals surface area contributed by atoms with Crippen molar-refractivity contribution in [3.05, 3.63) is 63.7 Å². The Bertz CT molecular complexity index is 990. The molecule has 0 heterocycles. The van der Waals surface area contributed by atoms with E-state index in [4.69, 9.17) is 11.6 Å². The van der Waals surface area contributed by atoms with Crippen LogP contribution in [0.25, 0.3) is 0 Å². The summed E-state index contributed by atoms with van der Waals surface area (Å²) >= 11 is 6.14. The van der Waals surface area contributed by atoms with Crippen LogP contribution in [-0.2, 0) is 14.8 Å². The summed E-state index contributed by atoms with van der Waals surface area (Å²) in [5.74, 6) is -0.103. The largest absolute Gasteiger partial charge is 0.350 e. The van der Waals surface area contributed by atoms with Crippen LogP contribution in [0.3, 0.4) is 0 Å². The number of amides is 1. The minimum absolute atomic E-state index is 0.103. The number of hydrogen-bond acceptors (Lipinski definition) is 3. The predicted octanol–water partition coefficient (Wildman–Crippen LogP) is 4.69. The van der Waals surface area contributed by atoms with E-state index in [1.807, 2.05) is 32.9 Å². The Balaban J connectivity index is 2.00. The van der Waals surface area contributed by atoms with Gasteiger partial charge in [-0.25, -0.2) is 8.42 Å². The monoisotopic (exact) mass is 436 g/mol. The Kier molecular flexibility index (Phi) is 7.72. The topological polar surface area (TPSA) is 66.5 Å². The molecule has 7 heteroatoms. The highest BCUT2D eigenvalue weighted by molar-refractivity contribution is 7.92. The average Bonchev–Trinajstić information content (AvgIpc) is 2.60. The fourth-order valence-electron chi connectivity index (χ4n) is 3.42. The van der Waals surface area contributed by atoms with Crippen molar-refractivity contribution in [1.82, 2.24) is 5.32 Å². The lowest BCUT2D eigenvalue weighted by Gasteiger charge is -2.24. The highest BCUT2D eigenvalue weighted by Crippen LogP contribution is 2.28. The van der Waals surface area contributed by atoms with Gasteiger partial charge in [0.1, 0.15) is 0 Å². The molecule has 158 valence electrons. The number of sulfonamides is 1. The van der Waals surface area contributed by atoms with Crippen LogP contribution in [0.4, 0.5) is 5.69 Å². The van der Waals surface area contributed by atoms with Gasteiger partial charge in [-0.1, -0.05) is 41.4 Å².